The van der Waals surface area contributed by atoms with E-state index in [9.17, 15) is 10.1 Å². The van der Waals surface area contributed by atoms with Crippen LogP contribution in [0.5, 0.6) is 0 Å². The lowest BCUT2D eigenvalue weighted by Crippen LogP contribution is -2.42. The number of hydrogen-bond donors (Lipinski definition) is 3. The summed E-state index contributed by atoms with van der Waals surface area (Å²) < 4.78 is 23.6. The molecule has 0 amide bonds. The molecule has 3 atom stereocenters. The lowest BCUT2D eigenvalue weighted by molar-refractivity contribution is -0.155. The first kappa shape index (κ1) is 30.3. The first-order valence-electron chi connectivity index (χ1n) is 12.0. The van der Waals surface area contributed by atoms with Crippen LogP contribution in [0, 0.1) is 11.3 Å². The van der Waals surface area contributed by atoms with E-state index in [1.54, 1.807) is 24.8 Å². The lowest BCUT2D eigenvalue weighted by Gasteiger charge is -2.29. The molecule has 0 radical (unpaired) electrons. The van der Waals surface area contributed by atoms with E-state index in [-0.39, 0.29) is 24.6 Å². The lowest BCUT2D eigenvalue weighted by atomic mass is 10.2. The van der Waals surface area contributed by atoms with Crippen molar-refractivity contribution in [2.45, 2.75) is 29.6 Å². The van der Waals surface area contributed by atoms with Crippen molar-refractivity contribution >= 4 is 28.8 Å². The van der Waals surface area contributed by atoms with Crippen molar-refractivity contribution < 1.29 is 18.9 Å². The Labute approximate surface area is 235 Å². The van der Waals surface area contributed by atoms with Gasteiger partial charge in [-0.05, 0) is 13.0 Å². The molecule has 0 spiro atoms. The maximum absolute atomic E-state index is 11.5. The number of hydrogen-bond acceptors (Lipinski definition) is 12. The zero-order chi connectivity index (χ0) is 28.0. The van der Waals surface area contributed by atoms with Crippen LogP contribution < -0.4 is 16.4 Å². The predicted molar refractivity (Wildman–Crippen MR) is 150 cm³/mol. The molecule has 2 heterocycles. The molecule has 0 aliphatic heterocycles. The summed E-state index contributed by atoms with van der Waals surface area (Å²) in [5.74, 6) is 6.21. The molecule has 1 aromatic carbocycles. The second kappa shape index (κ2) is 16.0. The number of pyridine rings is 1. The third-order valence-corrected chi connectivity index (χ3v) is 7.09. The average molecular weight is 573 g/mol. The van der Waals surface area contributed by atoms with E-state index in [2.05, 4.69) is 16.0 Å². The van der Waals surface area contributed by atoms with Crippen molar-refractivity contribution in [3.05, 3.63) is 86.9 Å². The van der Waals surface area contributed by atoms with Crippen LogP contribution in [0.3, 0.4) is 0 Å². The molecule has 5 N–H and O–H groups in total. The molecule has 2 aromatic heterocycles. The van der Waals surface area contributed by atoms with Crippen LogP contribution in [-0.2, 0) is 18.9 Å². The highest BCUT2D eigenvalue weighted by Gasteiger charge is 2.26. The molecule has 0 aliphatic rings. The quantitative estimate of drug-likeness (QED) is 0.0760. The van der Waals surface area contributed by atoms with E-state index in [0.717, 1.165) is 21.8 Å². The molecule has 2 unspecified atom stereocenters. The number of hydrazine groups is 1. The van der Waals surface area contributed by atoms with Gasteiger partial charge in [0, 0.05) is 48.1 Å². The summed E-state index contributed by atoms with van der Waals surface area (Å²) in [5.41, 5.74) is 7.67. The average Bonchev–Trinajstić information content (AvgIpc) is 3.39. The minimum absolute atomic E-state index is 0.209. The van der Waals surface area contributed by atoms with Crippen LogP contribution in [0.4, 0.5) is 0 Å². The standard InChI is InChI=1S/C26H32N6O5S2/c1-3-35-24(19-7-5-4-6-8-19)36-9-10-37-25(39-20-11-18(12-27)13-30-14-20)23(34-2)16-32(29)15-21(28)22-17-38-26(33)31-22/h4-8,11,13-15,17,23-25H,3,9-10,16,28-29H2,1-2H3,(H,31,33)/b21-15-/t23-,24?,25?/m0/s1. The Bertz CT molecular complexity index is 1280. The monoisotopic (exact) mass is 572 g/mol. The van der Waals surface area contributed by atoms with Gasteiger partial charge in [0.2, 0.25) is 0 Å². The molecule has 3 aromatic rings. The van der Waals surface area contributed by atoms with Gasteiger partial charge in [-0.1, -0.05) is 53.4 Å². The number of methoxy groups -OCH3 is 1. The van der Waals surface area contributed by atoms with Crippen molar-refractivity contribution in [1.82, 2.24) is 15.0 Å². The number of nitrogens with two attached hydrogens (primary N) is 2. The highest BCUT2D eigenvalue weighted by atomic mass is 32.2. The first-order valence-corrected chi connectivity index (χ1v) is 13.8. The van der Waals surface area contributed by atoms with Crippen LogP contribution in [0.2, 0.25) is 0 Å². The van der Waals surface area contributed by atoms with Gasteiger partial charge in [-0.3, -0.25) is 9.78 Å². The van der Waals surface area contributed by atoms with Gasteiger partial charge in [0.15, 0.2) is 6.29 Å². The van der Waals surface area contributed by atoms with E-state index < -0.39 is 17.8 Å². The van der Waals surface area contributed by atoms with Crippen molar-refractivity contribution in [2.75, 3.05) is 33.5 Å². The Morgan fingerprint density at radius 2 is 2.03 bits per heavy atom. The highest BCUT2D eigenvalue weighted by molar-refractivity contribution is 7.99. The van der Waals surface area contributed by atoms with E-state index >= 15 is 0 Å². The molecule has 0 saturated carbocycles. The van der Waals surface area contributed by atoms with E-state index in [4.69, 9.17) is 30.5 Å². The predicted octanol–water partition coefficient (Wildman–Crippen LogP) is 3.04. The topological polar surface area (TPSA) is 162 Å². The zero-order valence-electron chi connectivity index (χ0n) is 21.7. The second-order valence-electron chi connectivity index (χ2n) is 8.06. The molecule has 208 valence electrons. The Balaban J connectivity index is 1.69. The smallest absolute Gasteiger partial charge is 0.304 e. The van der Waals surface area contributed by atoms with Crippen molar-refractivity contribution in [2.24, 2.45) is 11.6 Å². The molecule has 0 aliphatic carbocycles. The minimum Gasteiger partial charge on any atom is -0.396 e. The SMILES string of the molecule is CCOC(OCCOC(Sc1cncc(C#N)c1)[C@H](CN(N)/C=C(\N)c1csc(=O)[nH]1)OC)c1ccccc1. The van der Waals surface area contributed by atoms with Gasteiger partial charge in [0.1, 0.15) is 17.6 Å². The summed E-state index contributed by atoms with van der Waals surface area (Å²) in [5, 5.41) is 12.3. The van der Waals surface area contributed by atoms with Crippen LogP contribution in [0.25, 0.3) is 5.70 Å². The van der Waals surface area contributed by atoms with Gasteiger partial charge in [-0.2, -0.15) is 5.26 Å². The fraction of sp³-hybridized carbons (Fsp3) is 0.346. The number of H-pyrrole nitrogens is 1. The number of thioether (sulfide) groups is 1. The van der Waals surface area contributed by atoms with Crippen LogP contribution in [0.15, 0.2) is 70.1 Å². The Morgan fingerprint density at radius 3 is 2.69 bits per heavy atom. The van der Waals surface area contributed by atoms with Gasteiger partial charge in [0.05, 0.1) is 36.7 Å². The number of ether oxygens (including phenoxy) is 4. The van der Waals surface area contributed by atoms with Crippen molar-refractivity contribution in [1.29, 1.82) is 5.26 Å². The molecule has 0 fully saturated rings. The summed E-state index contributed by atoms with van der Waals surface area (Å²) in [6.45, 7) is 3.10. The molecule has 3 rings (SSSR count). The van der Waals surface area contributed by atoms with Crippen LogP contribution in [0.1, 0.15) is 30.0 Å². The fourth-order valence-electron chi connectivity index (χ4n) is 3.42. The molecule has 13 heteroatoms. The maximum Gasteiger partial charge on any atom is 0.304 e. The van der Waals surface area contributed by atoms with Gasteiger partial charge in [-0.25, -0.2) is 5.84 Å². The molecule has 0 saturated heterocycles. The minimum atomic E-state index is -0.543. The first-order chi connectivity index (χ1) is 18.9. The summed E-state index contributed by atoms with van der Waals surface area (Å²) >= 11 is 2.36. The van der Waals surface area contributed by atoms with Gasteiger partial charge in [-0.15, -0.1) is 0 Å². The van der Waals surface area contributed by atoms with E-state index in [1.807, 2.05) is 37.3 Å². The fourth-order valence-corrected chi connectivity index (χ4v) is 5.11. The summed E-state index contributed by atoms with van der Waals surface area (Å²) in [7, 11) is 1.56. The number of nitrogens with one attached hydrogen (secondary N) is 1. The maximum atomic E-state index is 11.5. The Hall–Kier alpha value is -3.22. The van der Waals surface area contributed by atoms with Gasteiger partial charge in [0.25, 0.3) is 0 Å². The third kappa shape index (κ3) is 9.79. The number of nitriles is 1. The molecular weight excluding hydrogens is 540 g/mol. The third-order valence-electron chi connectivity index (χ3n) is 5.25. The Kier molecular flexibility index (Phi) is 12.5. The van der Waals surface area contributed by atoms with E-state index in [1.165, 1.54) is 29.2 Å². The summed E-state index contributed by atoms with van der Waals surface area (Å²) in [4.78, 5) is 18.8. The largest absolute Gasteiger partial charge is 0.396 e. The normalized spacial score (nSPS) is 13.9. The summed E-state index contributed by atoms with van der Waals surface area (Å²) in [6, 6.07) is 13.5. The number of benzene rings is 1. The molecular formula is C26H32N6O5S2. The molecule has 11 nitrogen and oxygen atoms in total. The number of thiazole rings is 1. The van der Waals surface area contributed by atoms with Gasteiger partial charge >= 0.3 is 4.87 Å². The van der Waals surface area contributed by atoms with Gasteiger partial charge < -0.3 is 34.7 Å². The number of aromatic amines is 1. The number of rotatable bonds is 16. The zero-order valence-corrected chi connectivity index (χ0v) is 23.3. The highest BCUT2D eigenvalue weighted by Crippen LogP contribution is 2.28. The van der Waals surface area contributed by atoms with Crippen molar-refractivity contribution in [3.8, 4) is 6.07 Å². The van der Waals surface area contributed by atoms with Crippen LogP contribution >= 0.6 is 23.1 Å². The summed E-state index contributed by atoms with van der Waals surface area (Å²) in [6.07, 6.45) is 3.61. The molecule has 0 bridgehead atoms. The number of nitrogens with zero attached hydrogens (tertiary/aromatic N) is 3. The van der Waals surface area contributed by atoms with E-state index in [0.29, 0.717) is 23.6 Å². The number of aromatic nitrogens is 2. The van der Waals surface area contributed by atoms with Crippen molar-refractivity contribution in [3.63, 3.8) is 0 Å². The van der Waals surface area contributed by atoms with Crippen LogP contribution in [-0.4, -0.2) is 60.0 Å². The second-order valence-corrected chi connectivity index (χ2v) is 10.1. The Morgan fingerprint density at radius 1 is 1.26 bits per heavy atom. The molecule has 39 heavy (non-hydrogen) atoms.